The highest BCUT2D eigenvalue weighted by molar-refractivity contribution is 7.71. The topological polar surface area (TPSA) is 83.0 Å². The van der Waals surface area contributed by atoms with Crippen molar-refractivity contribution < 1.29 is 4.79 Å². The number of rotatable bonds is 6. The third kappa shape index (κ3) is 4.85. The number of piperidine rings is 1. The molecule has 2 N–H and O–H groups in total. The van der Waals surface area contributed by atoms with Gasteiger partial charge in [-0.25, -0.2) is 4.98 Å². The second kappa shape index (κ2) is 9.20. The monoisotopic (exact) mass is 443 g/mol. The van der Waals surface area contributed by atoms with Gasteiger partial charge in [0, 0.05) is 24.9 Å². The summed E-state index contributed by atoms with van der Waals surface area (Å²) in [5, 5.41) is 5.99. The maximum atomic E-state index is 12.7. The van der Waals surface area contributed by atoms with Gasteiger partial charge in [-0.1, -0.05) is 19.1 Å². The third-order valence-corrected chi connectivity index (χ3v) is 6.64. The molecule has 7 nitrogen and oxygen atoms in total. The molecule has 158 valence electrons. The second-order valence-corrected chi connectivity index (χ2v) is 9.08. The number of nitrogens with one attached hydrogen (secondary N) is 2. The van der Waals surface area contributed by atoms with E-state index in [0.29, 0.717) is 20.8 Å². The molecule has 1 aliphatic rings. The van der Waals surface area contributed by atoms with Crippen LogP contribution in [0.3, 0.4) is 0 Å². The lowest BCUT2D eigenvalue weighted by atomic mass is 9.99. The molecule has 3 aromatic rings. The van der Waals surface area contributed by atoms with Gasteiger partial charge in [-0.2, -0.15) is 0 Å². The first-order chi connectivity index (χ1) is 14.5. The molecule has 0 saturated carbocycles. The zero-order valence-electron chi connectivity index (χ0n) is 16.9. The molecular weight excluding hydrogens is 418 g/mol. The van der Waals surface area contributed by atoms with Crippen LogP contribution in [0.25, 0.3) is 10.9 Å². The van der Waals surface area contributed by atoms with E-state index in [-0.39, 0.29) is 24.4 Å². The molecule has 0 bridgehead atoms. The summed E-state index contributed by atoms with van der Waals surface area (Å²) in [6, 6.07) is 7.22. The zero-order chi connectivity index (χ0) is 21.1. The predicted octanol–water partition coefficient (Wildman–Crippen LogP) is 3.78. The first-order valence-electron chi connectivity index (χ1n) is 10.2. The van der Waals surface area contributed by atoms with E-state index in [2.05, 4.69) is 27.1 Å². The number of benzene rings is 1. The van der Waals surface area contributed by atoms with Gasteiger partial charge in [0.15, 0.2) is 9.90 Å². The van der Waals surface area contributed by atoms with Crippen LogP contribution in [0, 0.1) is 10.7 Å². The zero-order valence-corrected chi connectivity index (χ0v) is 18.5. The highest BCUT2D eigenvalue weighted by Gasteiger charge is 2.17. The fourth-order valence-electron chi connectivity index (χ4n) is 3.68. The fourth-order valence-corrected chi connectivity index (χ4v) is 4.69. The van der Waals surface area contributed by atoms with Gasteiger partial charge >= 0.3 is 0 Å². The van der Waals surface area contributed by atoms with Crippen LogP contribution in [-0.2, 0) is 17.9 Å². The van der Waals surface area contributed by atoms with Crippen molar-refractivity contribution in [1.82, 2.24) is 19.4 Å². The van der Waals surface area contributed by atoms with E-state index in [1.54, 1.807) is 6.07 Å². The van der Waals surface area contributed by atoms with Crippen LogP contribution in [0.2, 0.25) is 0 Å². The largest absolute Gasteiger partial charge is 0.332 e. The average molecular weight is 444 g/mol. The minimum absolute atomic E-state index is 0.147. The number of anilines is 1. The van der Waals surface area contributed by atoms with Gasteiger partial charge in [0.05, 0.1) is 16.6 Å². The first-order valence-corrected chi connectivity index (χ1v) is 11.5. The van der Waals surface area contributed by atoms with E-state index in [0.717, 1.165) is 31.2 Å². The van der Waals surface area contributed by atoms with Crippen molar-refractivity contribution in [2.45, 2.75) is 39.3 Å². The maximum Gasteiger partial charge on any atom is 0.262 e. The maximum absolute atomic E-state index is 12.7. The number of nitrogens with zero attached hydrogens (tertiary/aromatic N) is 3. The van der Waals surface area contributed by atoms with Crippen LogP contribution in [0.15, 0.2) is 34.4 Å². The lowest BCUT2D eigenvalue weighted by Gasteiger charge is -2.29. The Kier molecular flexibility index (Phi) is 6.40. The number of para-hydroxylation sites is 1. The molecule has 0 atom stereocenters. The van der Waals surface area contributed by atoms with E-state index in [4.69, 9.17) is 12.2 Å². The predicted molar refractivity (Wildman–Crippen MR) is 122 cm³/mol. The summed E-state index contributed by atoms with van der Waals surface area (Å²) in [5.41, 5.74) is 1.50. The van der Waals surface area contributed by atoms with E-state index >= 15 is 0 Å². The minimum atomic E-state index is -0.186. The molecule has 4 rings (SSSR count). The number of hydrogen-bond acceptors (Lipinski definition) is 6. The Morgan fingerprint density at radius 1 is 1.33 bits per heavy atom. The number of carbonyl (C=O) groups is 1. The molecule has 0 unspecified atom stereocenters. The smallest absolute Gasteiger partial charge is 0.262 e. The van der Waals surface area contributed by atoms with Gasteiger partial charge < -0.3 is 10.3 Å². The van der Waals surface area contributed by atoms with Crippen LogP contribution in [0.1, 0.15) is 31.9 Å². The summed E-state index contributed by atoms with van der Waals surface area (Å²) < 4.78 is 1.75. The summed E-state index contributed by atoms with van der Waals surface area (Å²) >= 11 is 6.73. The Morgan fingerprint density at radius 2 is 2.10 bits per heavy atom. The van der Waals surface area contributed by atoms with Crippen LogP contribution < -0.4 is 10.9 Å². The van der Waals surface area contributed by atoms with Gasteiger partial charge in [-0.3, -0.25) is 19.1 Å². The summed E-state index contributed by atoms with van der Waals surface area (Å²) in [6.45, 7) is 5.53. The Balaban J connectivity index is 1.35. The van der Waals surface area contributed by atoms with Crippen LogP contribution in [0.5, 0.6) is 0 Å². The lowest BCUT2D eigenvalue weighted by molar-refractivity contribution is -0.116. The second-order valence-electron chi connectivity index (χ2n) is 7.83. The lowest BCUT2D eigenvalue weighted by Crippen LogP contribution is -2.32. The molecule has 1 amide bonds. The van der Waals surface area contributed by atoms with E-state index < -0.39 is 0 Å². The van der Waals surface area contributed by atoms with Gasteiger partial charge in [0.25, 0.3) is 5.56 Å². The van der Waals surface area contributed by atoms with E-state index in [1.165, 1.54) is 28.7 Å². The molecular formula is C21H25N5O2S2. The minimum Gasteiger partial charge on any atom is -0.332 e. The molecule has 9 heteroatoms. The molecule has 30 heavy (non-hydrogen) atoms. The number of hydrogen-bond donors (Lipinski definition) is 2. The van der Waals surface area contributed by atoms with Crippen molar-refractivity contribution in [1.29, 1.82) is 0 Å². The van der Waals surface area contributed by atoms with Crippen LogP contribution in [0.4, 0.5) is 5.13 Å². The third-order valence-electron chi connectivity index (χ3n) is 5.51. The van der Waals surface area contributed by atoms with Crippen molar-refractivity contribution in [2.75, 3.05) is 18.4 Å². The van der Waals surface area contributed by atoms with Crippen molar-refractivity contribution in [3.05, 3.63) is 50.5 Å². The van der Waals surface area contributed by atoms with Crippen molar-refractivity contribution in [3.63, 3.8) is 0 Å². The summed E-state index contributed by atoms with van der Waals surface area (Å²) in [4.78, 5) is 35.1. The van der Waals surface area contributed by atoms with Crippen molar-refractivity contribution in [3.8, 4) is 0 Å². The first kappa shape index (κ1) is 20.9. The van der Waals surface area contributed by atoms with Crippen molar-refractivity contribution >= 4 is 45.5 Å². The molecule has 0 radical (unpaired) electrons. The molecule has 1 saturated heterocycles. The van der Waals surface area contributed by atoms with Gasteiger partial charge in [0.1, 0.15) is 0 Å². The fraction of sp³-hybridized carbons (Fsp3) is 0.429. The number of H-pyrrole nitrogens is 1. The quantitative estimate of drug-likeness (QED) is 0.567. The van der Waals surface area contributed by atoms with Gasteiger partial charge in [-0.15, -0.1) is 11.3 Å². The normalized spacial score (nSPS) is 15.5. The van der Waals surface area contributed by atoms with Crippen molar-refractivity contribution in [2.24, 2.45) is 5.92 Å². The number of amides is 1. The molecule has 0 aliphatic carbocycles. The molecule has 0 spiro atoms. The standard InChI is InChI=1S/C21H25N5O2S2/c1-14-6-9-25(10-7-14)12-15-13-30-20(22-15)24-18(27)8-11-26-19(28)16-4-2-3-5-17(16)23-21(26)29/h2-5,13-14H,6-12H2,1H3,(H,23,29)(H,22,24,27). The number of aromatic nitrogens is 3. The van der Waals surface area contributed by atoms with Crippen LogP contribution in [-0.4, -0.2) is 38.4 Å². The molecule has 3 heterocycles. The highest BCUT2D eigenvalue weighted by atomic mass is 32.1. The van der Waals surface area contributed by atoms with Crippen LogP contribution >= 0.6 is 23.6 Å². The molecule has 2 aromatic heterocycles. The number of thiazole rings is 1. The van der Waals surface area contributed by atoms with E-state index in [1.807, 2.05) is 23.6 Å². The SMILES string of the molecule is CC1CCN(Cc2csc(NC(=O)CCn3c(=S)[nH]c4ccccc4c3=O)n2)CC1. The molecule has 1 aromatic carbocycles. The number of fused-ring (bicyclic) bond motifs is 1. The Morgan fingerprint density at radius 3 is 2.90 bits per heavy atom. The average Bonchev–Trinajstić information content (AvgIpc) is 3.16. The van der Waals surface area contributed by atoms with E-state index in [9.17, 15) is 9.59 Å². The highest BCUT2D eigenvalue weighted by Crippen LogP contribution is 2.21. The van der Waals surface area contributed by atoms with Gasteiger partial charge in [0.2, 0.25) is 5.91 Å². The number of carbonyl (C=O) groups excluding carboxylic acids is 1. The Hall–Kier alpha value is -2.36. The van der Waals surface area contributed by atoms with Gasteiger partial charge in [-0.05, 0) is 56.2 Å². The molecule has 1 aliphatic heterocycles. The summed E-state index contributed by atoms with van der Waals surface area (Å²) in [5.74, 6) is 0.618. The number of aromatic amines is 1. The summed E-state index contributed by atoms with van der Waals surface area (Å²) in [6.07, 6.45) is 2.60. The molecule has 1 fully saturated rings. The summed E-state index contributed by atoms with van der Waals surface area (Å²) in [7, 11) is 0. The number of likely N-dealkylation sites (tertiary alicyclic amines) is 1. The Bertz CT molecular complexity index is 1160. The Labute approximate surface area is 183 Å².